The maximum absolute atomic E-state index is 11.9. The third kappa shape index (κ3) is 4.44. The first-order valence-corrected chi connectivity index (χ1v) is 7.13. The van der Waals surface area contributed by atoms with E-state index >= 15 is 0 Å². The smallest absolute Gasteiger partial charge is 0.315 e. The number of nitrogens with one attached hydrogen (secondary N) is 2. The van der Waals surface area contributed by atoms with E-state index in [1.165, 1.54) is 0 Å². The van der Waals surface area contributed by atoms with Gasteiger partial charge in [0.1, 0.15) is 0 Å². The first-order valence-electron chi connectivity index (χ1n) is 7.13. The number of carbonyl (C=O) groups excluding carboxylic acids is 1. The van der Waals surface area contributed by atoms with Crippen LogP contribution in [-0.2, 0) is 4.79 Å². The van der Waals surface area contributed by atoms with Crippen LogP contribution in [0.2, 0.25) is 0 Å². The van der Waals surface area contributed by atoms with E-state index in [2.05, 4.69) is 15.6 Å². The molecule has 0 bridgehead atoms. The number of urea groups is 1. The molecule has 2 amide bonds. The number of carboxylic acids is 1. The summed E-state index contributed by atoms with van der Waals surface area (Å²) >= 11 is 0. The van der Waals surface area contributed by atoms with Gasteiger partial charge < -0.3 is 15.7 Å². The van der Waals surface area contributed by atoms with Crippen LogP contribution in [0.25, 0.3) is 0 Å². The van der Waals surface area contributed by atoms with Crippen molar-refractivity contribution in [1.29, 1.82) is 0 Å². The van der Waals surface area contributed by atoms with E-state index in [4.69, 9.17) is 0 Å². The molecular formula is C15H23N3O3. The van der Waals surface area contributed by atoms with Gasteiger partial charge in [0.15, 0.2) is 0 Å². The molecule has 6 nitrogen and oxygen atoms in total. The van der Waals surface area contributed by atoms with E-state index in [0.29, 0.717) is 12.8 Å². The van der Waals surface area contributed by atoms with Crippen molar-refractivity contribution in [3.05, 3.63) is 30.1 Å². The average molecular weight is 293 g/mol. The summed E-state index contributed by atoms with van der Waals surface area (Å²) in [7, 11) is 0. The van der Waals surface area contributed by atoms with E-state index in [1.54, 1.807) is 12.4 Å². The Morgan fingerprint density at radius 3 is 2.33 bits per heavy atom. The number of aromatic nitrogens is 1. The summed E-state index contributed by atoms with van der Waals surface area (Å²) in [6.45, 7) is 5.61. The fourth-order valence-corrected chi connectivity index (χ4v) is 2.11. The maximum Gasteiger partial charge on any atom is 0.315 e. The molecule has 1 heterocycles. The molecule has 3 N–H and O–H groups in total. The number of amides is 2. The molecule has 21 heavy (non-hydrogen) atoms. The van der Waals surface area contributed by atoms with Gasteiger partial charge in [-0.3, -0.25) is 9.78 Å². The Kier molecular flexibility index (Phi) is 6.14. The third-order valence-corrected chi connectivity index (χ3v) is 3.95. The Labute approximate surface area is 125 Å². The Bertz CT molecular complexity index is 472. The Balaban J connectivity index is 2.56. The molecular weight excluding hydrogens is 270 g/mol. The second kappa shape index (κ2) is 7.61. The molecule has 0 saturated heterocycles. The minimum atomic E-state index is -0.906. The molecule has 1 unspecified atom stereocenters. The predicted octanol–water partition coefficient (Wildman–Crippen LogP) is 2.33. The average Bonchev–Trinajstić information content (AvgIpc) is 2.49. The zero-order valence-corrected chi connectivity index (χ0v) is 12.7. The number of aliphatic carboxylic acids is 1. The largest absolute Gasteiger partial charge is 0.481 e. The molecule has 1 aromatic heterocycles. The highest BCUT2D eigenvalue weighted by molar-refractivity contribution is 5.78. The first kappa shape index (κ1) is 16.9. The van der Waals surface area contributed by atoms with Crippen molar-refractivity contribution in [3.8, 4) is 0 Å². The molecule has 0 aromatic carbocycles. The molecule has 0 radical (unpaired) electrons. The van der Waals surface area contributed by atoms with Gasteiger partial charge in [-0.15, -0.1) is 0 Å². The standard InChI is InChI=1S/C15H23N3O3/c1-4-15(5-2,13(19)20)10-17-14(21)18-11(3)12-6-8-16-9-7-12/h6-9,11H,4-5,10H2,1-3H3,(H,19,20)(H2,17,18,21). The molecule has 0 fully saturated rings. The summed E-state index contributed by atoms with van der Waals surface area (Å²) in [5, 5.41) is 14.8. The molecule has 116 valence electrons. The summed E-state index contributed by atoms with van der Waals surface area (Å²) in [5.41, 5.74) is 0.0349. The lowest BCUT2D eigenvalue weighted by atomic mass is 9.82. The molecule has 1 atom stereocenters. The second-order valence-corrected chi connectivity index (χ2v) is 5.12. The SMILES string of the molecule is CCC(CC)(CNC(=O)NC(C)c1ccncc1)C(=O)O. The van der Waals surface area contributed by atoms with Crippen molar-refractivity contribution in [2.45, 2.75) is 39.7 Å². The normalized spacial score (nSPS) is 12.5. The highest BCUT2D eigenvalue weighted by atomic mass is 16.4. The summed E-state index contributed by atoms with van der Waals surface area (Å²) in [6.07, 6.45) is 4.27. The Morgan fingerprint density at radius 1 is 1.29 bits per heavy atom. The zero-order chi connectivity index (χ0) is 15.9. The van der Waals surface area contributed by atoms with Crippen LogP contribution in [0.15, 0.2) is 24.5 Å². The van der Waals surface area contributed by atoms with Crippen LogP contribution >= 0.6 is 0 Å². The highest BCUT2D eigenvalue weighted by Crippen LogP contribution is 2.25. The fraction of sp³-hybridized carbons (Fsp3) is 0.533. The van der Waals surface area contributed by atoms with Crippen molar-refractivity contribution < 1.29 is 14.7 Å². The zero-order valence-electron chi connectivity index (χ0n) is 12.7. The molecule has 6 heteroatoms. The van der Waals surface area contributed by atoms with Gasteiger partial charge in [0.25, 0.3) is 0 Å². The van der Waals surface area contributed by atoms with Gasteiger partial charge in [0.2, 0.25) is 0 Å². The minimum Gasteiger partial charge on any atom is -0.481 e. The number of rotatable bonds is 7. The Morgan fingerprint density at radius 2 is 1.86 bits per heavy atom. The molecule has 0 aliphatic heterocycles. The van der Waals surface area contributed by atoms with Crippen molar-refractivity contribution in [2.75, 3.05) is 6.54 Å². The van der Waals surface area contributed by atoms with E-state index in [9.17, 15) is 14.7 Å². The fourth-order valence-electron chi connectivity index (χ4n) is 2.11. The van der Waals surface area contributed by atoms with Crippen molar-refractivity contribution in [3.63, 3.8) is 0 Å². The second-order valence-electron chi connectivity index (χ2n) is 5.12. The molecule has 0 aliphatic rings. The van der Waals surface area contributed by atoms with E-state index in [0.717, 1.165) is 5.56 Å². The van der Waals surface area contributed by atoms with E-state index in [-0.39, 0.29) is 18.6 Å². The molecule has 0 spiro atoms. The van der Waals surface area contributed by atoms with Gasteiger partial charge in [0, 0.05) is 18.9 Å². The number of hydrogen-bond acceptors (Lipinski definition) is 3. The lowest BCUT2D eigenvalue weighted by Gasteiger charge is -2.27. The van der Waals surface area contributed by atoms with E-state index < -0.39 is 11.4 Å². The molecule has 1 aromatic rings. The highest BCUT2D eigenvalue weighted by Gasteiger charge is 2.35. The predicted molar refractivity (Wildman–Crippen MR) is 79.8 cm³/mol. The monoisotopic (exact) mass is 293 g/mol. The molecule has 0 aliphatic carbocycles. The summed E-state index contributed by atoms with van der Waals surface area (Å²) in [6, 6.07) is 3.11. The van der Waals surface area contributed by atoms with Gasteiger partial charge in [-0.2, -0.15) is 0 Å². The molecule has 1 rings (SSSR count). The number of carbonyl (C=O) groups is 2. The van der Waals surface area contributed by atoms with Gasteiger partial charge in [-0.05, 0) is 37.5 Å². The van der Waals surface area contributed by atoms with Crippen LogP contribution in [0.5, 0.6) is 0 Å². The maximum atomic E-state index is 11.9. The van der Waals surface area contributed by atoms with Crippen molar-refractivity contribution in [2.24, 2.45) is 5.41 Å². The van der Waals surface area contributed by atoms with Crippen LogP contribution in [0.4, 0.5) is 4.79 Å². The summed E-state index contributed by atoms with van der Waals surface area (Å²) in [4.78, 5) is 27.2. The third-order valence-electron chi connectivity index (χ3n) is 3.95. The number of nitrogens with zero attached hydrogens (tertiary/aromatic N) is 1. The van der Waals surface area contributed by atoms with Crippen LogP contribution < -0.4 is 10.6 Å². The van der Waals surface area contributed by atoms with Crippen LogP contribution in [0.3, 0.4) is 0 Å². The van der Waals surface area contributed by atoms with Crippen LogP contribution in [0.1, 0.15) is 45.2 Å². The lowest BCUT2D eigenvalue weighted by molar-refractivity contribution is -0.149. The number of pyridine rings is 1. The van der Waals surface area contributed by atoms with Crippen LogP contribution in [0, 0.1) is 5.41 Å². The van der Waals surface area contributed by atoms with Crippen molar-refractivity contribution >= 4 is 12.0 Å². The minimum absolute atomic E-state index is 0.115. The first-order chi connectivity index (χ1) is 9.95. The van der Waals surface area contributed by atoms with Gasteiger partial charge in [0.05, 0.1) is 11.5 Å². The van der Waals surface area contributed by atoms with Gasteiger partial charge in [-0.1, -0.05) is 13.8 Å². The summed E-state index contributed by atoms with van der Waals surface area (Å²) < 4.78 is 0. The summed E-state index contributed by atoms with van der Waals surface area (Å²) in [5.74, 6) is -0.880. The van der Waals surface area contributed by atoms with Gasteiger partial charge >= 0.3 is 12.0 Å². The Hall–Kier alpha value is -2.11. The van der Waals surface area contributed by atoms with Crippen LogP contribution in [-0.4, -0.2) is 28.6 Å². The molecule has 0 saturated carbocycles. The quantitative estimate of drug-likeness (QED) is 0.719. The van der Waals surface area contributed by atoms with Gasteiger partial charge in [-0.25, -0.2) is 4.79 Å². The lowest BCUT2D eigenvalue weighted by Crippen LogP contribution is -2.46. The number of hydrogen-bond donors (Lipinski definition) is 3. The van der Waals surface area contributed by atoms with Crippen molar-refractivity contribution in [1.82, 2.24) is 15.6 Å². The van der Waals surface area contributed by atoms with E-state index in [1.807, 2.05) is 32.9 Å². The topological polar surface area (TPSA) is 91.3 Å². The number of carboxylic acid groups (broad SMARTS) is 1.